The first-order chi connectivity index (χ1) is 16.5. The second-order valence-electron chi connectivity index (χ2n) is 8.64. The molecule has 8 nitrogen and oxygen atoms in total. The fourth-order valence-electron chi connectivity index (χ4n) is 4.25. The minimum Gasteiger partial charge on any atom is -0.471 e. The summed E-state index contributed by atoms with van der Waals surface area (Å²) in [4.78, 5) is 17.1. The van der Waals surface area contributed by atoms with Crippen molar-refractivity contribution in [2.24, 2.45) is 0 Å². The second kappa shape index (κ2) is 9.56. The number of fused-ring (bicyclic) bond motifs is 1. The lowest BCUT2D eigenvalue weighted by atomic mass is 10.1. The molecule has 9 heteroatoms. The average molecular weight is 483 g/mol. The van der Waals surface area contributed by atoms with Crippen LogP contribution in [0, 0.1) is 13.8 Å². The van der Waals surface area contributed by atoms with Crippen molar-refractivity contribution in [3.05, 3.63) is 70.0 Å². The van der Waals surface area contributed by atoms with Crippen LogP contribution in [0.2, 0.25) is 5.02 Å². The van der Waals surface area contributed by atoms with Gasteiger partial charge < -0.3 is 19.1 Å². The second-order valence-corrected chi connectivity index (χ2v) is 9.02. The zero-order chi connectivity index (χ0) is 23.7. The fraction of sp³-hybridized carbons (Fsp3) is 0.360. The minimum atomic E-state index is -0.0559. The Morgan fingerprint density at radius 2 is 1.76 bits per heavy atom. The molecule has 1 fully saturated rings. The molecule has 0 bridgehead atoms. The van der Waals surface area contributed by atoms with E-state index in [0.717, 1.165) is 53.0 Å². The number of carbonyl (C=O) groups is 1. The Hall–Kier alpha value is -3.23. The molecule has 0 aliphatic carbocycles. The molecule has 1 amide bonds. The molecule has 178 valence electrons. The summed E-state index contributed by atoms with van der Waals surface area (Å²) in [6.45, 7) is 8.14. The van der Waals surface area contributed by atoms with Crippen molar-refractivity contribution in [2.45, 2.75) is 27.1 Å². The highest BCUT2D eigenvalue weighted by atomic mass is 35.5. The molecule has 2 aromatic carbocycles. The topological polar surface area (TPSA) is 69.1 Å². The number of rotatable bonds is 6. The molecular weight excluding hydrogens is 456 g/mol. The molecule has 2 aliphatic heterocycles. The Morgan fingerprint density at radius 3 is 2.53 bits per heavy atom. The summed E-state index contributed by atoms with van der Waals surface area (Å²) in [6, 6.07) is 11.6. The number of piperazine rings is 1. The molecule has 0 unspecified atom stereocenters. The van der Waals surface area contributed by atoms with E-state index in [-0.39, 0.29) is 19.4 Å². The molecule has 1 saturated heterocycles. The molecule has 0 spiro atoms. The van der Waals surface area contributed by atoms with Crippen LogP contribution in [0.25, 0.3) is 0 Å². The van der Waals surface area contributed by atoms with E-state index in [2.05, 4.69) is 16.1 Å². The van der Waals surface area contributed by atoms with Gasteiger partial charge in [0.2, 0.25) is 6.79 Å². The van der Waals surface area contributed by atoms with Crippen LogP contribution < -0.4 is 14.2 Å². The fourth-order valence-corrected chi connectivity index (χ4v) is 4.36. The number of hydrogen-bond donors (Lipinski definition) is 0. The molecule has 5 rings (SSSR count). The Balaban J connectivity index is 1.12. The molecule has 0 saturated carbocycles. The van der Waals surface area contributed by atoms with Gasteiger partial charge in [-0.2, -0.15) is 5.10 Å². The van der Waals surface area contributed by atoms with Gasteiger partial charge in [-0.05, 0) is 60.9 Å². The third kappa shape index (κ3) is 4.83. The Bertz CT molecular complexity index is 1180. The van der Waals surface area contributed by atoms with Gasteiger partial charge in [-0.25, -0.2) is 4.68 Å². The molecule has 34 heavy (non-hydrogen) atoms. The lowest BCUT2D eigenvalue weighted by Crippen LogP contribution is -2.48. The van der Waals surface area contributed by atoms with Crippen molar-refractivity contribution in [1.29, 1.82) is 0 Å². The summed E-state index contributed by atoms with van der Waals surface area (Å²) >= 11 is 6.22. The first-order valence-electron chi connectivity index (χ1n) is 11.3. The molecule has 3 heterocycles. The lowest BCUT2D eigenvalue weighted by molar-refractivity contribution is 0.0621. The standard InChI is InChI=1S/C25H27ClN4O4/c1-17-11-20(12-18(2)24(17)26)32-15-30-6-5-21(27-30)25(31)29-9-7-28(8-10-29)14-19-3-4-22-23(13-19)34-16-33-22/h3-6,11-13H,7-10,14-16H2,1-2H3. The van der Waals surface area contributed by atoms with Crippen molar-refractivity contribution in [1.82, 2.24) is 19.6 Å². The summed E-state index contributed by atoms with van der Waals surface area (Å²) in [5.74, 6) is 2.26. The van der Waals surface area contributed by atoms with Crippen molar-refractivity contribution in [3.63, 3.8) is 0 Å². The van der Waals surface area contributed by atoms with Gasteiger partial charge in [-0.15, -0.1) is 0 Å². The quantitative estimate of drug-likeness (QED) is 0.531. The van der Waals surface area contributed by atoms with Gasteiger partial charge in [-0.3, -0.25) is 9.69 Å². The highest BCUT2D eigenvalue weighted by Gasteiger charge is 2.24. The first kappa shape index (κ1) is 22.6. The van der Waals surface area contributed by atoms with Gasteiger partial charge in [0.1, 0.15) is 5.75 Å². The molecule has 3 aromatic rings. The number of aromatic nitrogens is 2. The summed E-state index contributed by atoms with van der Waals surface area (Å²) in [7, 11) is 0. The minimum absolute atomic E-state index is 0.0559. The smallest absolute Gasteiger partial charge is 0.274 e. The number of aryl methyl sites for hydroxylation is 2. The van der Waals surface area contributed by atoms with Crippen molar-refractivity contribution >= 4 is 17.5 Å². The lowest BCUT2D eigenvalue weighted by Gasteiger charge is -2.34. The van der Waals surface area contributed by atoms with Crippen LogP contribution in [0.4, 0.5) is 0 Å². The highest BCUT2D eigenvalue weighted by Crippen LogP contribution is 2.33. The average Bonchev–Trinajstić information content (AvgIpc) is 3.50. The van der Waals surface area contributed by atoms with Crippen LogP contribution >= 0.6 is 11.6 Å². The molecule has 0 atom stereocenters. The van der Waals surface area contributed by atoms with Gasteiger partial charge in [0.15, 0.2) is 23.9 Å². The normalized spacial score (nSPS) is 15.6. The Morgan fingerprint density at radius 1 is 1.03 bits per heavy atom. The zero-order valence-electron chi connectivity index (χ0n) is 19.3. The van der Waals surface area contributed by atoms with E-state index in [1.165, 1.54) is 5.56 Å². The van der Waals surface area contributed by atoms with Crippen molar-refractivity contribution < 1.29 is 19.0 Å². The monoisotopic (exact) mass is 482 g/mol. The highest BCUT2D eigenvalue weighted by molar-refractivity contribution is 6.32. The van der Waals surface area contributed by atoms with E-state index < -0.39 is 0 Å². The molecular formula is C25H27ClN4O4. The van der Waals surface area contributed by atoms with Crippen LogP contribution in [0.5, 0.6) is 17.2 Å². The van der Waals surface area contributed by atoms with E-state index in [9.17, 15) is 4.79 Å². The molecule has 1 aromatic heterocycles. The molecule has 0 radical (unpaired) electrons. The number of carbonyl (C=O) groups excluding carboxylic acids is 1. The van der Waals surface area contributed by atoms with Crippen LogP contribution in [0.3, 0.4) is 0 Å². The van der Waals surface area contributed by atoms with Crippen LogP contribution in [-0.2, 0) is 13.3 Å². The van der Waals surface area contributed by atoms with Crippen LogP contribution in [0.1, 0.15) is 27.2 Å². The predicted octanol–water partition coefficient (Wildman–Crippen LogP) is 3.88. The SMILES string of the molecule is Cc1cc(OCn2ccc(C(=O)N3CCN(Cc4ccc5c(c4)OCO5)CC3)n2)cc(C)c1Cl. The van der Waals surface area contributed by atoms with Gasteiger partial charge >= 0.3 is 0 Å². The van der Waals surface area contributed by atoms with E-state index in [4.69, 9.17) is 25.8 Å². The maximum atomic E-state index is 13.0. The number of benzene rings is 2. The summed E-state index contributed by atoms with van der Waals surface area (Å²) in [5.41, 5.74) is 3.53. The number of hydrogen-bond acceptors (Lipinski definition) is 6. The van der Waals surface area contributed by atoms with Gasteiger partial charge in [0, 0.05) is 43.9 Å². The predicted molar refractivity (Wildman–Crippen MR) is 128 cm³/mol. The largest absolute Gasteiger partial charge is 0.471 e. The number of amides is 1. The van der Waals surface area contributed by atoms with Gasteiger partial charge in [0.05, 0.1) is 0 Å². The Kier molecular flexibility index (Phi) is 6.34. The number of ether oxygens (including phenoxy) is 3. The first-order valence-corrected chi connectivity index (χ1v) is 11.7. The van der Waals surface area contributed by atoms with Crippen molar-refractivity contribution in [3.8, 4) is 17.2 Å². The van der Waals surface area contributed by atoms with E-state index >= 15 is 0 Å². The van der Waals surface area contributed by atoms with Crippen molar-refractivity contribution in [2.75, 3.05) is 33.0 Å². The van der Waals surface area contributed by atoms with Gasteiger partial charge in [0.25, 0.3) is 5.91 Å². The zero-order valence-corrected chi connectivity index (χ0v) is 20.0. The molecule has 2 aliphatic rings. The third-order valence-electron chi connectivity index (χ3n) is 6.14. The van der Waals surface area contributed by atoms with Crippen LogP contribution in [0.15, 0.2) is 42.6 Å². The van der Waals surface area contributed by atoms with Crippen LogP contribution in [-0.4, -0.2) is 58.5 Å². The molecule has 0 N–H and O–H groups in total. The number of halogens is 1. The van der Waals surface area contributed by atoms with Gasteiger partial charge in [-0.1, -0.05) is 17.7 Å². The third-order valence-corrected chi connectivity index (χ3v) is 6.73. The maximum absolute atomic E-state index is 13.0. The van der Waals surface area contributed by atoms with E-state index in [1.54, 1.807) is 16.9 Å². The summed E-state index contributed by atoms with van der Waals surface area (Å²) in [5, 5.41) is 5.16. The Labute approximate surface area is 203 Å². The number of nitrogens with zero attached hydrogens (tertiary/aromatic N) is 4. The maximum Gasteiger partial charge on any atom is 0.274 e. The summed E-state index contributed by atoms with van der Waals surface area (Å²) in [6.07, 6.45) is 1.76. The summed E-state index contributed by atoms with van der Waals surface area (Å²) < 4.78 is 18.3. The van der Waals surface area contributed by atoms with E-state index in [1.807, 2.05) is 43.0 Å². The van der Waals surface area contributed by atoms with E-state index in [0.29, 0.717) is 18.8 Å².